The number of aliphatic imine (C=N–C) groups is 1. The molecular formula is C14H21N5OS. The van der Waals surface area contributed by atoms with E-state index in [2.05, 4.69) is 37.2 Å². The van der Waals surface area contributed by atoms with E-state index < -0.39 is 0 Å². The molecule has 0 bridgehead atoms. The molecule has 0 saturated heterocycles. The fraction of sp³-hybridized carbons (Fsp3) is 0.500. The molecule has 2 aromatic heterocycles. The minimum atomic E-state index is 0.288. The SMILES string of the molecule is CN=C(NCCc1nc(C(C)C)no1)NCc1cccs1. The number of hydrogen-bond acceptors (Lipinski definition) is 5. The van der Waals surface area contributed by atoms with Crippen LogP contribution in [0.25, 0.3) is 0 Å². The maximum Gasteiger partial charge on any atom is 0.228 e. The lowest BCUT2D eigenvalue weighted by atomic mass is 10.2. The Bertz CT molecular complexity index is 562. The van der Waals surface area contributed by atoms with Gasteiger partial charge in [-0.15, -0.1) is 11.3 Å². The normalized spacial score (nSPS) is 11.9. The molecule has 2 N–H and O–H groups in total. The molecule has 7 heteroatoms. The van der Waals surface area contributed by atoms with E-state index in [0.29, 0.717) is 18.9 Å². The molecule has 6 nitrogen and oxygen atoms in total. The Kier molecular flexibility index (Phi) is 5.74. The first-order valence-electron chi connectivity index (χ1n) is 6.98. The summed E-state index contributed by atoms with van der Waals surface area (Å²) in [6.45, 7) is 5.56. The number of thiophene rings is 1. The summed E-state index contributed by atoms with van der Waals surface area (Å²) in [4.78, 5) is 9.80. The van der Waals surface area contributed by atoms with Crippen molar-refractivity contribution in [3.05, 3.63) is 34.1 Å². The Hall–Kier alpha value is -1.89. The molecule has 114 valence electrons. The zero-order valence-electron chi connectivity index (χ0n) is 12.6. The van der Waals surface area contributed by atoms with Crippen molar-refractivity contribution in [2.75, 3.05) is 13.6 Å². The van der Waals surface area contributed by atoms with E-state index >= 15 is 0 Å². The first-order chi connectivity index (χ1) is 10.2. The third kappa shape index (κ3) is 4.86. The summed E-state index contributed by atoms with van der Waals surface area (Å²) in [7, 11) is 1.76. The summed E-state index contributed by atoms with van der Waals surface area (Å²) in [6.07, 6.45) is 0.680. The zero-order valence-corrected chi connectivity index (χ0v) is 13.4. The standard InChI is InChI=1S/C14H21N5OS/c1-10(2)13-18-12(20-19-13)6-7-16-14(15-3)17-9-11-5-4-8-21-11/h4-5,8,10H,6-7,9H2,1-3H3,(H2,15,16,17). The lowest BCUT2D eigenvalue weighted by molar-refractivity contribution is 0.371. The second-order valence-corrected chi connectivity index (χ2v) is 5.92. The summed E-state index contributed by atoms with van der Waals surface area (Å²) in [5.74, 6) is 2.47. The molecule has 0 aliphatic rings. The summed E-state index contributed by atoms with van der Waals surface area (Å²) in [5.41, 5.74) is 0. The molecule has 0 aliphatic carbocycles. The second-order valence-electron chi connectivity index (χ2n) is 4.88. The van der Waals surface area contributed by atoms with E-state index in [-0.39, 0.29) is 5.92 Å². The molecule has 0 saturated carbocycles. The van der Waals surface area contributed by atoms with Gasteiger partial charge in [0.15, 0.2) is 11.8 Å². The minimum Gasteiger partial charge on any atom is -0.356 e. The van der Waals surface area contributed by atoms with Crippen molar-refractivity contribution in [3.8, 4) is 0 Å². The van der Waals surface area contributed by atoms with E-state index in [4.69, 9.17) is 4.52 Å². The van der Waals surface area contributed by atoms with Crippen LogP contribution >= 0.6 is 11.3 Å². The van der Waals surface area contributed by atoms with Crippen molar-refractivity contribution >= 4 is 17.3 Å². The second kappa shape index (κ2) is 7.78. The van der Waals surface area contributed by atoms with Gasteiger partial charge >= 0.3 is 0 Å². The van der Waals surface area contributed by atoms with Gasteiger partial charge in [0, 0.05) is 30.8 Å². The predicted octanol–water partition coefficient (Wildman–Crippen LogP) is 2.16. The molecule has 0 amide bonds. The van der Waals surface area contributed by atoms with Gasteiger partial charge in [-0.1, -0.05) is 25.1 Å². The molecule has 0 unspecified atom stereocenters. The van der Waals surface area contributed by atoms with Crippen LogP contribution in [0.15, 0.2) is 27.0 Å². The van der Waals surface area contributed by atoms with Gasteiger partial charge < -0.3 is 15.2 Å². The molecule has 0 radical (unpaired) electrons. The molecule has 2 rings (SSSR count). The Morgan fingerprint density at radius 3 is 2.90 bits per heavy atom. The Balaban J connectivity index is 1.72. The fourth-order valence-electron chi connectivity index (χ4n) is 1.70. The highest BCUT2D eigenvalue weighted by atomic mass is 32.1. The fourth-order valence-corrected chi connectivity index (χ4v) is 2.34. The first kappa shape index (κ1) is 15.5. The Morgan fingerprint density at radius 2 is 2.29 bits per heavy atom. The summed E-state index contributed by atoms with van der Waals surface area (Å²) < 4.78 is 5.20. The highest BCUT2D eigenvalue weighted by Crippen LogP contribution is 2.09. The molecular weight excluding hydrogens is 286 g/mol. The van der Waals surface area contributed by atoms with Crippen molar-refractivity contribution in [3.63, 3.8) is 0 Å². The summed E-state index contributed by atoms with van der Waals surface area (Å²) in [6, 6.07) is 4.14. The maximum atomic E-state index is 5.20. The minimum absolute atomic E-state index is 0.288. The van der Waals surface area contributed by atoms with Crippen LogP contribution in [0.4, 0.5) is 0 Å². The molecule has 2 aromatic rings. The predicted molar refractivity (Wildman–Crippen MR) is 84.6 cm³/mol. The summed E-state index contributed by atoms with van der Waals surface area (Å²) in [5, 5.41) is 12.5. The van der Waals surface area contributed by atoms with E-state index in [1.165, 1.54) is 4.88 Å². The average Bonchev–Trinajstić information content (AvgIpc) is 3.13. The number of guanidine groups is 1. The Morgan fingerprint density at radius 1 is 1.43 bits per heavy atom. The number of aromatic nitrogens is 2. The van der Waals surface area contributed by atoms with Crippen LogP contribution in [-0.4, -0.2) is 29.7 Å². The number of rotatable bonds is 6. The van der Waals surface area contributed by atoms with E-state index in [9.17, 15) is 0 Å². The molecule has 0 aliphatic heterocycles. The van der Waals surface area contributed by atoms with Gasteiger partial charge in [-0.05, 0) is 11.4 Å². The van der Waals surface area contributed by atoms with Crippen LogP contribution in [0.5, 0.6) is 0 Å². The van der Waals surface area contributed by atoms with Crippen LogP contribution in [0.2, 0.25) is 0 Å². The largest absolute Gasteiger partial charge is 0.356 e. The number of nitrogens with zero attached hydrogens (tertiary/aromatic N) is 3. The van der Waals surface area contributed by atoms with Gasteiger partial charge in [0.1, 0.15) is 0 Å². The number of hydrogen-bond donors (Lipinski definition) is 2. The first-order valence-corrected chi connectivity index (χ1v) is 7.86. The third-order valence-electron chi connectivity index (χ3n) is 2.87. The average molecular weight is 307 g/mol. The zero-order chi connectivity index (χ0) is 15.1. The van der Waals surface area contributed by atoms with E-state index in [1.54, 1.807) is 18.4 Å². The van der Waals surface area contributed by atoms with Crippen LogP contribution in [0.1, 0.15) is 36.4 Å². The van der Waals surface area contributed by atoms with Crippen molar-refractivity contribution in [1.29, 1.82) is 0 Å². The maximum absolute atomic E-state index is 5.20. The van der Waals surface area contributed by atoms with Crippen LogP contribution in [0, 0.1) is 0 Å². The van der Waals surface area contributed by atoms with Gasteiger partial charge in [-0.25, -0.2) is 0 Å². The summed E-state index contributed by atoms with van der Waals surface area (Å²) >= 11 is 1.72. The van der Waals surface area contributed by atoms with Crippen molar-refractivity contribution in [2.45, 2.75) is 32.7 Å². The third-order valence-corrected chi connectivity index (χ3v) is 3.74. The van der Waals surface area contributed by atoms with Gasteiger partial charge in [0.25, 0.3) is 0 Å². The smallest absolute Gasteiger partial charge is 0.228 e. The molecule has 0 aromatic carbocycles. The van der Waals surface area contributed by atoms with Gasteiger partial charge in [0.05, 0.1) is 6.54 Å². The van der Waals surface area contributed by atoms with Crippen molar-refractivity contribution < 1.29 is 4.52 Å². The lowest BCUT2D eigenvalue weighted by Gasteiger charge is -2.09. The van der Waals surface area contributed by atoms with E-state index in [0.717, 1.165) is 18.3 Å². The topological polar surface area (TPSA) is 75.3 Å². The van der Waals surface area contributed by atoms with Crippen LogP contribution < -0.4 is 10.6 Å². The van der Waals surface area contributed by atoms with E-state index in [1.807, 2.05) is 19.9 Å². The monoisotopic (exact) mass is 307 g/mol. The molecule has 0 atom stereocenters. The van der Waals surface area contributed by atoms with Crippen molar-refractivity contribution in [1.82, 2.24) is 20.8 Å². The van der Waals surface area contributed by atoms with Gasteiger partial charge in [-0.2, -0.15) is 4.98 Å². The van der Waals surface area contributed by atoms with Gasteiger partial charge in [-0.3, -0.25) is 4.99 Å². The highest BCUT2D eigenvalue weighted by Gasteiger charge is 2.09. The van der Waals surface area contributed by atoms with Gasteiger partial charge in [0.2, 0.25) is 5.89 Å². The highest BCUT2D eigenvalue weighted by molar-refractivity contribution is 7.09. The molecule has 0 fully saturated rings. The molecule has 21 heavy (non-hydrogen) atoms. The molecule has 2 heterocycles. The Labute approximate surface area is 128 Å². The van der Waals surface area contributed by atoms with Crippen LogP contribution in [-0.2, 0) is 13.0 Å². The van der Waals surface area contributed by atoms with Crippen molar-refractivity contribution in [2.24, 2.45) is 4.99 Å². The lowest BCUT2D eigenvalue weighted by Crippen LogP contribution is -2.37. The number of nitrogens with one attached hydrogen (secondary N) is 2. The quantitative estimate of drug-likeness (QED) is 0.632. The molecule has 0 spiro atoms. The van der Waals surface area contributed by atoms with Crippen LogP contribution in [0.3, 0.4) is 0 Å².